The molecular formula is C17H24O6. The zero-order chi connectivity index (χ0) is 16.1. The predicted octanol–water partition coefficient (Wildman–Crippen LogP) is 1.62. The fraction of sp³-hybridized carbons (Fsp3) is 0.882. The molecule has 1 N–H and O–H groups in total. The van der Waals surface area contributed by atoms with E-state index < -0.39 is 5.97 Å². The molecule has 128 valence electrons. The quantitative estimate of drug-likeness (QED) is 0.540. The monoisotopic (exact) mass is 324 g/mol. The lowest BCUT2D eigenvalue weighted by atomic mass is 9.52. The van der Waals surface area contributed by atoms with Gasteiger partial charge in [-0.3, -0.25) is 0 Å². The van der Waals surface area contributed by atoms with E-state index in [1.807, 2.05) is 0 Å². The number of rotatable bonds is 8. The Bertz CT molecular complexity index is 513. The zero-order valence-electron chi connectivity index (χ0n) is 13.3. The average molecular weight is 324 g/mol. The number of aliphatic carboxylic acids is 1. The molecule has 4 aliphatic carbocycles. The van der Waals surface area contributed by atoms with Gasteiger partial charge in [0, 0.05) is 5.41 Å². The Morgan fingerprint density at radius 3 is 2.48 bits per heavy atom. The number of hydrogen-bond donors (Lipinski definition) is 1. The van der Waals surface area contributed by atoms with Crippen LogP contribution in [-0.4, -0.2) is 49.1 Å². The van der Waals surface area contributed by atoms with Gasteiger partial charge >= 0.3 is 11.9 Å². The molecule has 1 spiro atoms. The van der Waals surface area contributed by atoms with Crippen LogP contribution in [0, 0.1) is 23.2 Å². The highest BCUT2D eigenvalue weighted by Crippen LogP contribution is 2.78. The number of carboxylic acids is 1. The van der Waals surface area contributed by atoms with Gasteiger partial charge < -0.3 is 19.3 Å². The summed E-state index contributed by atoms with van der Waals surface area (Å²) in [5.74, 6) is 1.10. The van der Waals surface area contributed by atoms with Crippen LogP contribution in [0.5, 0.6) is 0 Å². The Morgan fingerprint density at radius 1 is 0.957 bits per heavy atom. The summed E-state index contributed by atoms with van der Waals surface area (Å²) in [7, 11) is 0. The molecule has 0 heterocycles. The number of esters is 1. The third kappa shape index (κ3) is 2.38. The van der Waals surface area contributed by atoms with E-state index in [2.05, 4.69) is 0 Å². The summed E-state index contributed by atoms with van der Waals surface area (Å²) in [5, 5.41) is 8.44. The van der Waals surface area contributed by atoms with E-state index in [9.17, 15) is 9.59 Å². The van der Waals surface area contributed by atoms with E-state index in [1.165, 1.54) is 25.7 Å². The van der Waals surface area contributed by atoms with Gasteiger partial charge in [-0.2, -0.15) is 0 Å². The van der Waals surface area contributed by atoms with Crippen molar-refractivity contribution in [3.05, 3.63) is 0 Å². The Morgan fingerprint density at radius 2 is 1.70 bits per heavy atom. The largest absolute Gasteiger partial charge is 0.480 e. The molecule has 0 aliphatic heterocycles. The molecule has 0 aromatic rings. The molecule has 4 fully saturated rings. The fourth-order valence-corrected chi connectivity index (χ4v) is 6.16. The van der Waals surface area contributed by atoms with E-state index in [-0.39, 0.29) is 38.0 Å². The first kappa shape index (κ1) is 15.4. The molecule has 0 radical (unpaired) electrons. The summed E-state index contributed by atoms with van der Waals surface area (Å²) in [6, 6.07) is 0. The van der Waals surface area contributed by atoms with Crippen LogP contribution in [0.3, 0.4) is 0 Å². The molecule has 23 heavy (non-hydrogen) atoms. The van der Waals surface area contributed by atoms with Crippen molar-refractivity contribution in [1.29, 1.82) is 0 Å². The van der Waals surface area contributed by atoms with E-state index in [1.54, 1.807) is 0 Å². The molecule has 5 atom stereocenters. The topological polar surface area (TPSA) is 82.1 Å². The first-order chi connectivity index (χ1) is 11.0. The van der Waals surface area contributed by atoms with Crippen LogP contribution in [0.4, 0.5) is 0 Å². The SMILES string of the molecule is O=C(O)COCCOCC(=O)OC12CC3CC4CC(C1)C2(C4)C3. The molecule has 6 nitrogen and oxygen atoms in total. The van der Waals surface area contributed by atoms with Crippen molar-refractivity contribution < 1.29 is 28.9 Å². The minimum Gasteiger partial charge on any atom is -0.480 e. The highest BCUT2D eigenvalue weighted by atomic mass is 16.6. The lowest BCUT2D eigenvalue weighted by Gasteiger charge is -2.57. The van der Waals surface area contributed by atoms with Gasteiger partial charge in [-0.1, -0.05) is 0 Å². The normalized spacial score (nSPS) is 42.3. The summed E-state index contributed by atoms with van der Waals surface area (Å²) in [6.07, 6.45) is 7.28. The zero-order valence-corrected chi connectivity index (χ0v) is 13.3. The Labute approximate surface area is 135 Å². The number of carbonyl (C=O) groups excluding carboxylic acids is 1. The minimum atomic E-state index is -1.01. The van der Waals surface area contributed by atoms with Crippen molar-refractivity contribution in [3.8, 4) is 0 Å². The van der Waals surface area contributed by atoms with E-state index in [4.69, 9.17) is 19.3 Å². The van der Waals surface area contributed by atoms with Crippen molar-refractivity contribution in [2.75, 3.05) is 26.4 Å². The van der Waals surface area contributed by atoms with Crippen LogP contribution in [0.1, 0.15) is 38.5 Å². The van der Waals surface area contributed by atoms with Crippen molar-refractivity contribution in [1.82, 2.24) is 0 Å². The molecule has 5 unspecified atom stereocenters. The van der Waals surface area contributed by atoms with Gasteiger partial charge in [0.15, 0.2) is 0 Å². The molecule has 6 heteroatoms. The molecule has 0 aromatic heterocycles. The minimum absolute atomic E-state index is 0.0764. The van der Waals surface area contributed by atoms with Gasteiger partial charge in [0.25, 0.3) is 0 Å². The number of hydrogen-bond acceptors (Lipinski definition) is 5. The van der Waals surface area contributed by atoms with Gasteiger partial charge in [0.05, 0.1) is 13.2 Å². The van der Waals surface area contributed by atoms with Crippen molar-refractivity contribution >= 4 is 11.9 Å². The van der Waals surface area contributed by atoms with Crippen LogP contribution in [0.2, 0.25) is 0 Å². The van der Waals surface area contributed by atoms with Crippen LogP contribution < -0.4 is 0 Å². The third-order valence-electron chi connectivity index (χ3n) is 6.60. The fourth-order valence-electron chi connectivity index (χ4n) is 6.16. The molecule has 4 saturated carbocycles. The second-order valence-electron chi connectivity index (χ2n) is 7.84. The Hall–Kier alpha value is -1.14. The average Bonchev–Trinajstić information content (AvgIpc) is 2.79. The Balaban J connectivity index is 1.23. The van der Waals surface area contributed by atoms with Crippen molar-refractivity contribution in [2.45, 2.75) is 44.1 Å². The lowest BCUT2D eigenvalue weighted by Crippen LogP contribution is -2.60. The molecule has 4 aliphatic rings. The highest BCUT2D eigenvalue weighted by Gasteiger charge is 2.76. The van der Waals surface area contributed by atoms with Crippen LogP contribution >= 0.6 is 0 Å². The standard InChI is InChI=1S/C17H24O6/c18-14(19)9-21-1-2-22-10-15(20)23-17-7-12-3-11-4-13(8-17)16(17,5-11)6-12/h11-13H,1-10H2,(H,18,19). The third-order valence-corrected chi connectivity index (χ3v) is 6.60. The summed E-state index contributed by atoms with van der Waals surface area (Å²) < 4.78 is 16.0. The second-order valence-corrected chi connectivity index (χ2v) is 7.84. The summed E-state index contributed by atoms with van der Waals surface area (Å²) in [5.41, 5.74) is 0.0919. The molecule has 4 rings (SSSR count). The molecule has 0 amide bonds. The maximum atomic E-state index is 12.1. The van der Waals surface area contributed by atoms with E-state index in [0.717, 1.165) is 30.6 Å². The lowest BCUT2D eigenvalue weighted by molar-refractivity contribution is -0.218. The van der Waals surface area contributed by atoms with Crippen LogP contribution in [-0.2, 0) is 23.8 Å². The maximum absolute atomic E-state index is 12.1. The number of carboxylic acid groups (broad SMARTS) is 1. The van der Waals surface area contributed by atoms with Gasteiger partial charge in [0.2, 0.25) is 0 Å². The molecular weight excluding hydrogens is 300 g/mol. The predicted molar refractivity (Wildman–Crippen MR) is 78.7 cm³/mol. The first-order valence-electron chi connectivity index (χ1n) is 8.62. The number of ether oxygens (including phenoxy) is 3. The van der Waals surface area contributed by atoms with E-state index in [0.29, 0.717) is 5.41 Å². The second kappa shape index (κ2) is 5.45. The van der Waals surface area contributed by atoms with Gasteiger partial charge in [-0.25, -0.2) is 9.59 Å². The van der Waals surface area contributed by atoms with Crippen molar-refractivity contribution in [3.63, 3.8) is 0 Å². The van der Waals surface area contributed by atoms with Crippen LogP contribution in [0.15, 0.2) is 0 Å². The van der Waals surface area contributed by atoms with Gasteiger partial charge in [0.1, 0.15) is 18.8 Å². The number of fused-ring (bicyclic) bond motifs is 2. The van der Waals surface area contributed by atoms with Gasteiger partial charge in [-0.15, -0.1) is 0 Å². The first-order valence-corrected chi connectivity index (χ1v) is 8.62. The molecule has 3 bridgehead atoms. The molecule has 0 saturated heterocycles. The molecule has 0 aromatic carbocycles. The van der Waals surface area contributed by atoms with Crippen LogP contribution in [0.25, 0.3) is 0 Å². The number of carbonyl (C=O) groups is 2. The summed E-state index contributed by atoms with van der Waals surface area (Å²) in [4.78, 5) is 22.4. The maximum Gasteiger partial charge on any atom is 0.332 e. The smallest absolute Gasteiger partial charge is 0.332 e. The van der Waals surface area contributed by atoms with Gasteiger partial charge in [-0.05, 0) is 56.3 Å². The summed E-state index contributed by atoms with van der Waals surface area (Å²) >= 11 is 0. The highest BCUT2D eigenvalue weighted by molar-refractivity contribution is 5.71. The summed E-state index contributed by atoms with van der Waals surface area (Å²) in [6.45, 7) is -0.0509. The Kier molecular flexibility index (Phi) is 3.65. The van der Waals surface area contributed by atoms with Crippen molar-refractivity contribution in [2.24, 2.45) is 23.2 Å². The van der Waals surface area contributed by atoms with E-state index >= 15 is 0 Å².